The van der Waals surface area contributed by atoms with Crippen molar-refractivity contribution in [2.24, 2.45) is 0 Å². The van der Waals surface area contributed by atoms with Gasteiger partial charge in [-0.25, -0.2) is 15.0 Å². The van der Waals surface area contributed by atoms with Crippen molar-refractivity contribution in [1.29, 1.82) is 0 Å². The summed E-state index contributed by atoms with van der Waals surface area (Å²) in [7, 11) is 0. The van der Waals surface area contributed by atoms with Gasteiger partial charge in [0.15, 0.2) is 17.5 Å². The Morgan fingerprint density at radius 3 is 1.48 bits per heavy atom. The van der Waals surface area contributed by atoms with Gasteiger partial charge in [0, 0.05) is 38.2 Å². The molecule has 0 amide bonds. The lowest BCUT2D eigenvalue weighted by atomic mass is 9.92. The monoisotopic (exact) mass is 639 g/mol. The Bertz CT molecular complexity index is 3030. The number of rotatable bonds is 4. The number of hydrogen-bond acceptors (Lipinski definition) is 5. The van der Waals surface area contributed by atoms with Crippen LogP contribution in [-0.2, 0) is 0 Å². The van der Waals surface area contributed by atoms with Crippen molar-refractivity contribution in [1.82, 2.24) is 15.0 Å². The van der Waals surface area contributed by atoms with Crippen LogP contribution in [0.25, 0.3) is 111 Å². The van der Waals surface area contributed by atoms with E-state index in [4.69, 9.17) is 23.8 Å². The number of nitrogens with zero attached hydrogens (tertiary/aromatic N) is 3. The van der Waals surface area contributed by atoms with Gasteiger partial charge in [-0.1, -0.05) is 115 Å². The summed E-state index contributed by atoms with van der Waals surface area (Å²) in [6.45, 7) is 0. The Morgan fingerprint density at radius 2 is 0.820 bits per heavy atom. The maximum Gasteiger partial charge on any atom is 0.164 e. The van der Waals surface area contributed by atoms with Gasteiger partial charge in [-0.05, 0) is 69.1 Å². The molecular formula is C45H25N3O2. The van der Waals surface area contributed by atoms with Crippen LogP contribution in [0.15, 0.2) is 160 Å². The molecule has 0 fully saturated rings. The zero-order valence-corrected chi connectivity index (χ0v) is 26.6. The molecule has 3 aromatic heterocycles. The predicted octanol–water partition coefficient (Wildman–Crippen LogP) is 12.1. The van der Waals surface area contributed by atoms with E-state index in [2.05, 4.69) is 78.9 Å². The van der Waals surface area contributed by atoms with Crippen LogP contribution in [-0.4, -0.2) is 15.0 Å². The standard InChI is InChI=1S/C45H25N3O2/c1-3-10-26(11-4-1)43-46-44(27-12-5-2-6-13-27)48-45(47-43)33-16-9-17-37-40(33)35-25-29(21-23-36(35)49-37)28-20-22-30-31-14-7-18-38-41(31)42-32(34(30)24-28)15-8-19-39(42)50-38/h1-25H. The third-order valence-corrected chi connectivity index (χ3v) is 9.89. The lowest BCUT2D eigenvalue weighted by Crippen LogP contribution is -2.00. The minimum atomic E-state index is 0.600. The van der Waals surface area contributed by atoms with Crippen LogP contribution in [0.4, 0.5) is 0 Å². The van der Waals surface area contributed by atoms with E-state index < -0.39 is 0 Å². The van der Waals surface area contributed by atoms with Crippen LogP contribution in [0.2, 0.25) is 0 Å². The second kappa shape index (κ2) is 10.3. The van der Waals surface area contributed by atoms with E-state index in [1.807, 2.05) is 72.8 Å². The largest absolute Gasteiger partial charge is 0.456 e. The van der Waals surface area contributed by atoms with Crippen LogP contribution < -0.4 is 0 Å². The molecule has 0 N–H and O–H groups in total. The molecule has 50 heavy (non-hydrogen) atoms. The van der Waals surface area contributed by atoms with Crippen molar-refractivity contribution in [3.05, 3.63) is 152 Å². The first kappa shape index (κ1) is 27.1. The molecule has 0 atom stereocenters. The molecule has 3 heterocycles. The highest BCUT2D eigenvalue weighted by Gasteiger charge is 2.20. The average molecular weight is 640 g/mol. The molecule has 11 rings (SSSR count). The van der Waals surface area contributed by atoms with Crippen LogP contribution in [0.5, 0.6) is 0 Å². The van der Waals surface area contributed by atoms with Gasteiger partial charge in [0.2, 0.25) is 0 Å². The fourth-order valence-corrected chi connectivity index (χ4v) is 7.62. The van der Waals surface area contributed by atoms with E-state index in [0.717, 1.165) is 60.9 Å². The number of hydrogen-bond donors (Lipinski definition) is 0. The Hall–Kier alpha value is -6.85. The van der Waals surface area contributed by atoms with E-state index >= 15 is 0 Å². The molecular weight excluding hydrogens is 615 g/mol. The zero-order valence-electron chi connectivity index (χ0n) is 26.6. The van der Waals surface area contributed by atoms with Gasteiger partial charge in [0.25, 0.3) is 0 Å². The maximum atomic E-state index is 6.45. The van der Waals surface area contributed by atoms with E-state index in [-0.39, 0.29) is 0 Å². The summed E-state index contributed by atoms with van der Waals surface area (Å²) in [4.78, 5) is 15.0. The van der Waals surface area contributed by atoms with Crippen molar-refractivity contribution in [3.63, 3.8) is 0 Å². The molecule has 232 valence electrons. The molecule has 11 aromatic rings. The summed E-state index contributed by atoms with van der Waals surface area (Å²) >= 11 is 0. The molecule has 0 bridgehead atoms. The normalized spacial score (nSPS) is 12.0. The molecule has 0 saturated heterocycles. The van der Waals surface area contributed by atoms with Crippen molar-refractivity contribution in [2.75, 3.05) is 0 Å². The summed E-state index contributed by atoms with van der Waals surface area (Å²) < 4.78 is 12.7. The summed E-state index contributed by atoms with van der Waals surface area (Å²) in [6.07, 6.45) is 0. The summed E-state index contributed by atoms with van der Waals surface area (Å²) in [6, 6.07) is 52.1. The number of furan rings is 2. The lowest BCUT2D eigenvalue weighted by molar-refractivity contribution is 0.669. The van der Waals surface area contributed by atoms with E-state index in [0.29, 0.717) is 17.5 Å². The minimum Gasteiger partial charge on any atom is -0.456 e. The summed E-state index contributed by atoms with van der Waals surface area (Å²) in [5.74, 6) is 1.85. The molecule has 5 heteroatoms. The average Bonchev–Trinajstić information content (AvgIpc) is 3.76. The summed E-state index contributed by atoms with van der Waals surface area (Å²) in [5, 5.41) is 9.21. The molecule has 0 spiro atoms. The number of fused-ring (bicyclic) bond motifs is 6. The minimum absolute atomic E-state index is 0.600. The molecule has 8 aromatic carbocycles. The van der Waals surface area contributed by atoms with Gasteiger partial charge in [0.1, 0.15) is 22.3 Å². The molecule has 0 unspecified atom stereocenters. The van der Waals surface area contributed by atoms with Crippen molar-refractivity contribution in [3.8, 4) is 45.3 Å². The predicted molar refractivity (Wildman–Crippen MR) is 202 cm³/mol. The van der Waals surface area contributed by atoms with Gasteiger partial charge >= 0.3 is 0 Å². The number of benzene rings is 8. The van der Waals surface area contributed by atoms with Gasteiger partial charge in [-0.3, -0.25) is 0 Å². The van der Waals surface area contributed by atoms with Gasteiger partial charge < -0.3 is 8.83 Å². The molecule has 5 nitrogen and oxygen atoms in total. The summed E-state index contributed by atoms with van der Waals surface area (Å²) in [5.41, 5.74) is 8.45. The first-order valence-corrected chi connectivity index (χ1v) is 16.7. The van der Waals surface area contributed by atoms with E-state index in [9.17, 15) is 0 Å². The molecule has 0 saturated carbocycles. The van der Waals surface area contributed by atoms with Crippen molar-refractivity contribution in [2.45, 2.75) is 0 Å². The highest BCUT2D eigenvalue weighted by Crippen LogP contribution is 2.44. The van der Waals surface area contributed by atoms with E-state index in [1.54, 1.807) is 0 Å². The SMILES string of the molecule is c1ccc(-c2nc(-c3ccccc3)nc(-c3cccc4oc5ccc(-c6ccc7c(c6)c6cccc8oc9cccc7c9c86)cc5c34)n2)cc1. The van der Waals surface area contributed by atoms with Crippen LogP contribution in [0.1, 0.15) is 0 Å². The quantitative estimate of drug-likeness (QED) is 0.179. The van der Waals surface area contributed by atoms with Crippen LogP contribution in [0, 0.1) is 0 Å². The number of aromatic nitrogens is 3. The van der Waals surface area contributed by atoms with Gasteiger partial charge in [-0.2, -0.15) is 0 Å². The Labute approximate surface area is 285 Å². The van der Waals surface area contributed by atoms with Gasteiger partial charge in [-0.15, -0.1) is 0 Å². The molecule has 0 aliphatic carbocycles. The third kappa shape index (κ3) is 3.98. The maximum absolute atomic E-state index is 6.45. The first-order valence-electron chi connectivity index (χ1n) is 16.7. The Morgan fingerprint density at radius 1 is 0.300 bits per heavy atom. The highest BCUT2D eigenvalue weighted by atomic mass is 16.3. The Kier molecular flexibility index (Phi) is 5.60. The van der Waals surface area contributed by atoms with Crippen molar-refractivity contribution >= 4 is 65.4 Å². The van der Waals surface area contributed by atoms with Crippen molar-refractivity contribution < 1.29 is 8.83 Å². The van der Waals surface area contributed by atoms with Crippen LogP contribution in [0.3, 0.4) is 0 Å². The second-order valence-corrected chi connectivity index (χ2v) is 12.7. The lowest BCUT2D eigenvalue weighted by Gasteiger charge is -2.11. The van der Waals surface area contributed by atoms with Gasteiger partial charge in [0.05, 0.1) is 0 Å². The Balaban J connectivity index is 1.13. The third-order valence-electron chi connectivity index (χ3n) is 9.89. The smallest absolute Gasteiger partial charge is 0.164 e. The fraction of sp³-hybridized carbons (Fsp3) is 0. The fourth-order valence-electron chi connectivity index (χ4n) is 7.62. The highest BCUT2D eigenvalue weighted by molar-refractivity contribution is 6.33. The van der Waals surface area contributed by atoms with E-state index in [1.165, 1.54) is 32.3 Å². The first-order chi connectivity index (χ1) is 24.8. The zero-order chi connectivity index (χ0) is 32.8. The topological polar surface area (TPSA) is 65.0 Å². The molecule has 0 aliphatic heterocycles. The molecule has 0 radical (unpaired) electrons. The van der Waals surface area contributed by atoms with Crippen LogP contribution >= 0.6 is 0 Å². The second-order valence-electron chi connectivity index (χ2n) is 12.7. The molecule has 0 aliphatic rings.